The Morgan fingerprint density at radius 2 is 1.79 bits per heavy atom. The number of rotatable bonds is 7. The van der Waals surface area contributed by atoms with Gasteiger partial charge in [0.15, 0.2) is 0 Å². The van der Waals surface area contributed by atoms with Crippen LogP contribution in [0.2, 0.25) is 0 Å². The zero-order chi connectivity index (χ0) is 20.1. The molecule has 3 rings (SSSR count). The lowest BCUT2D eigenvalue weighted by Crippen LogP contribution is -2.39. The van der Waals surface area contributed by atoms with Crippen molar-refractivity contribution in [2.75, 3.05) is 37.5 Å². The number of anilines is 2. The summed E-state index contributed by atoms with van der Waals surface area (Å²) >= 11 is 0. The standard InChI is InChI=1S/C20H25N3O5/c1-27-17-10-16(11-18(12-17)28-2)22-7-5-15(6-8-22)21-19-9-14(13-24)3-4-20(19)23(25)26/h3-4,9-12,15,21,24H,5-8,13H2,1-2H3. The summed E-state index contributed by atoms with van der Waals surface area (Å²) in [5, 5.41) is 23.9. The highest BCUT2D eigenvalue weighted by Gasteiger charge is 2.23. The Bertz CT molecular complexity index is 812. The Hall–Kier alpha value is -3.00. The fourth-order valence-corrected chi connectivity index (χ4v) is 3.43. The van der Waals surface area contributed by atoms with Crippen LogP contribution in [0.1, 0.15) is 18.4 Å². The van der Waals surface area contributed by atoms with Crippen molar-refractivity contribution >= 4 is 17.1 Å². The molecule has 0 unspecified atom stereocenters. The molecule has 8 heteroatoms. The van der Waals surface area contributed by atoms with Crippen LogP contribution in [0.4, 0.5) is 17.1 Å². The molecule has 0 aliphatic carbocycles. The van der Waals surface area contributed by atoms with E-state index in [9.17, 15) is 15.2 Å². The molecule has 1 aliphatic rings. The number of nitrogens with one attached hydrogen (secondary N) is 1. The molecule has 0 spiro atoms. The fourth-order valence-electron chi connectivity index (χ4n) is 3.43. The molecule has 0 atom stereocenters. The van der Waals surface area contributed by atoms with Crippen molar-refractivity contribution in [3.8, 4) is 11.5 Å². The SMILES string of the molecule is COc1cc(OC)cc(N2CCC(Nc3cc(CO)ccc3[N+](=O)[O-])CC2)c1. The number of nitro groups is 1. The lowest BCUT2D eigenvalue weighted by Gasteiger charge is -2.34. The number of ether oxygens (including phenoxy) is 2. The number of hydrogen-bond acceptors (Lipinski definition) is 7. The normalized spacial score (nSPS) is 14.6. The molecule has 0 aromatic heterocycles. The summed E-state index contributed by atoms with van der Waals surface area (Å²) in [5.41, 5.74) is 2.16. The monoisotopic (exact) mass is 387 g/mol. The van der Waals surface area contributed by atoms with Crippen LogP contribution in [0.3, 0.4) is 0 Å². The first kappa shape index (κ1) is 19.8. The van der Waals surface area contributed by atoms with Crippen molar-refractivity contribution in [3.63, 3.8) is 0 Å². The van der Waals surface area contributed by atoms with Gasteiger partial charge in [0.2, 0.25) is 0 Å². The summed E-state index contributed by atoms with van der Waals surface area (Å²) in [5.74, 6) is 1.48. The van der Waals surface area contributed by atoms with Crippen molar-refractivity contribution in [1.82, 2.24) is 0 Å². The van der Waals surface area contributed by atoms with Gasteiger partial charge in [-0.25, -0.2) is 0 Å². The molecule has 0 bridgehead atoms. The van der Waals surface area contributed by atoms with E-state index in [0.29, 0.717) is 11.3 Å². The molecule has 1 aliphatic heterocycles. The van der Waals surface area contributed by atoms with E-state index in [1.54, 1.807) is 26.4 Å². The van der Waals surface area contributed by atoms with Gasteiger partial charge in [0.05, 0.1) is 25.7 Å². The van der Waals surface area contributed by atoms with E-state index >= 15 is 0 Å². The smallest absolute Gasteiger partial charge is 0.292 e. The lowest BCUT2D eigenvalue weighted by atomic mass is 10.0. The number of hydrogen-bond donors (Lipinski definition) is 2. The van der Waals surface area contributed by atoms with Gasteiger partial charge in [-0.05, 0) is 30.5 Å². The molecule has 0 saturated carbocycles. The van der Waals surface area contributed by atoms with Crippen LogP contribution in [-0.2, 0) is 6.61 Å². The zero-order valence-electron chi connectivity index (χ0n) is 16.1. The van der Waals surface area contributed by atoms with E-state index < -0.39 is 4.92 Å². The maximum absolute atomic E-state index is 11.3. The highest BCUT2D eigenvalue weighted by atomic mass is 16.6. The van der Waals surface area contributed by atoms with Crippen LogP contribution in [-0.4, -0.2) is 43.4 Å². The second-order valence-corrected chi connectivity index (χ2v) is 6.74. The Morgan fingerprint density at radius 1 is 1.14 bits per heavy atom. The van der Waals surface area contributed by atoms with Gasteiger partial charge in [-0.3, -0.25) is 10.1 Å². The maximum atomic E-state index is 11.3. The molecular weight excluding hydrogens is 362 g/mol. The predicted octanol–water partition coefficient (Wildman–Crippen LogP) is 3.19. The number of aliphatic hydroxyl groups excluding tert-OH is 1. The number of nitrogens with zero attached hydrogens (tertiary/aromatic N) is 2. The molecule has 28 heavy (non-hydrogen) atoms. The summed E-state index contributed by atoms with van der Waals surface area (Å²) in [7, 11) is 3.25. The molecule has 2 aromatic carbocycles. The number of piperidine rings is 1. The molecule has 1 saturated heterocycles. The molecule has 0 amide bonds. The third kappa shape index (κ3) is 4.45. The van der Waals surface area contributed by atoms with Gasteiger partial charge < -0.3 is 24.8 Å². The summed E-state index contributed by atoms with van der Waals surface area (Å²) in [6, 6.07) is 10.6. The Labute approximate surface area is 163 Å². The number of benzene rings is 2. The van der Waals surface area contributed by atoms with Gasteiger partial charge in [-0.2, -0.15) is 0 Å². The maximum Gasteiger partial charge on any atom is 0.292 e. The van der Waals surface area contributed by atoms with E-state index in [0.717, 1.165) is 43.1 Å². The fraction of sp³-hybridized carbons (Fsp3) is 0.400. The van der Waals surface area contributed by atoms with Gasteiger partial charge in [-0.15, -0.1) is 0 Å². The lowest BCUT2D eigenvalue weighted by molar-refractivity contribution is -0.384. The predicted molar refractivity (Wildman–Crippen MR) is 107 cm³/mol. The quantitative estimate of drug-likeness (QED) is 0.556. The first-order chi connectivity index (χ1) is 13.5. The van der Waals surface area contributed by atoms with Crippen LogP contribution < -0.4 is 19.7 Å². The van der Waals surface area contributed by atoms with Crippen molar-refractivity contribution in [3.05, 3.63) is 52.1 Å². The van der Waals surface area contributed by atoms with Crippen LogP contribution >= 0.6 is 0 Å². The van der Waals surface area contributed by atoms with Crippen molar-refractivity contribution < 1.29 is 19.5 Å². The van der Waals surface area contributed by atoms with Crippen molar-refractivity contribution in [2.24, 2.45) is 0 Å². The van der Waals surface area contributed by atoms with Gasteiger partial charge in [-0.1, -0.05) is 0 Å². The molecule has 1 heterocycles. The minimum absolute atomic E-state index is 0.0251. The zero-order valence-corrected chi connectivity index (χ0v) is 16.1. The summed E-state index contributed by atoms with van der Waals surface area (Å²) < 4.78 is 10.7. The van der Waals surface area contributed by atoms with Crippen LogP contribution in [0.25, 0.3) is 0 Å². The van der Waals surface area contributed by atoms with Gasteiger partial charge in [0.25, 0.3) is 5.69 Å². The molecule has 150 valence electrons. The van der Waals surface area contributed by atoms with E-state index in [1.807, 2.05) is 18.2 Å². The first-order valence-corrected chi connectivity index (χ1v) is 9.16. The van der Waals surface area contributed by atoms with Gasteiger partial charge in [0.1, 0.15) is 17.2 Å². The van der Waals surface area contributed by atoms with Crippen molar-refractivity contribution in [2.45, 2.75) is 25.5 Å². The summed E-state index contributed by atoms with van der Waals surface area (Å²) in [6.45, 7) is 1.46. The largest absolute Gasteiger partial charge is 0.497 e. The third-order valence-electron chi connectivity index (χ3n) is 5.00. The van der Waals surface area contributed by atoms with Crippen LogP contribution in [0.15, 0.2) is 36.4 Å². The number of aliphatic hydroxyl groups is 1. The van der Waals surface area contributed by atoms with Gasteiger partial charge >= 0.3 is 0 Å². The second kappa shape index (κ2) is 8.79. The Morgan fingerprint density at radius 3 is 2.32 bits per heavy atom. The van der Waals surface area contributed by atoms with Crippen LogP contribution in [0, 0.1) is 10.1 Å². The van der Waals surface area contributed by atoms with E-state index in [-0.39, 0.29) is 18.3 Å². The Balaban J connectivity index is 1.69. The van der Waals surface area contributed by atoms with Crippen LogP contribution in [0.5, 0.6) is 11.5 Å². The molecule has 2 N–H and O–H groups in total. The highest BCUT2D eigenvalue weighted by Crippen LogP contribution is 2.32. The number of methoxy groups -OCH3 is 2. The van der Waals surface area contributed by atoms with E-state index in [1.165, 1.54) is 6.07 Å². The second-order valence-electron chi connectivity index (χ2n) is 6.74. The molecule has 0 radical (unpaired) electrons. The molecule has 1 fully saturated rings. The minimum Gasteiger partial charge on any atom is -0.497 e. The first-order valence-electron chi connectivity index (χ1n) is 9.16. The average molecular weight is 387 g/mol. The van der Waals surface area contributed by atoms with Gasteiger partial charge in [0, 0.05) is 49.1 Å². The number of nitro benzene ring substituents is 1. The molecule has 8 nitrogen and oxygen atoms in total. The highest BCUT2D eigenvalue weighted by molar-refractivity contribution is 5.63. The van der Waals surface area contributed by atoms with E-state index in [2.05, 4.69) is 10.2 Å². The molecule has 2 aromatic rings. The van der Waals surface area contributed by atoms with Crippen molar-refractivity contribution in [1.29, 1.82) is 0 Å². The minimum atomic E-state index is -0.402. The summed E-state index contributed by atoms with van der Waals surface area (Å²) in [4.78, 5) is 13.1. The Kier molecular flexibility index (Phi) is 6.20. The topological polar surface area (TPSA) is 97.1 Å². The molecular formula is C20H25N3O5. The third-order valence-corrected chi connectivity index (χ3v) is 5.00. The van der Waals surface area contributed by atoms with E-state index in [4.69, 9.17) is 9.47 Å². The summed E-state index contributed by atoms with van der Waals surface area (Å²) in [6.07, 6.45) is 1.67. The average Bonchev–Trinajstić information content (AvgIpc) is 2.73.